The standard InChI is InChI=1S/C9H14ClN3O6P2S.C2H6/c1-6(2)12-21(18,22-20(11,16)17)19-9-4-3-7(10)5-8(9)13(14)15;1-2/h3-6H,1-2H3,(H,12,18)(H3,11,16,17);1-2H3. The Bertz CT molecular complexity index is 669. The van der Waals surface area contributed by atoms with E-state index in [4.69, 9.17) is 21.6 Å². The van der Waals surface area contributed by atoms with Crippen molar-refractivity contribution in [2.45, 2.75) is 33.7 Å². The molecule has 0 aromatic heterocycles. The topological polar surface area (TPSA) is 145 Å². The Morgan fingerprint density at radius 2 is 1.96 bits per heavy atom. The molecule has 0 fully saturated rings. The van der Waals surface area contributed by atoms with Crippen molar-refractivity contribution in [3.63, 3.8) is 0 Å². The third kappa shape index (κ3) is 8.48. The van der Waals surface area contributed by atoms with Crippen LogP contribution in [-0.4, -0.2) is 15.9 Å². The van der Waals surface area contributed by atoms with Crippen molar-refractivity contribution in [1.29, 1.82) is 0 Å². The lowest BCUT2D eigenvalue weighted by molar-refractivity contribution is -0.385. The van der Waals surface area contributed by atoms with Gasteiger partial charge in [0.25, 0.3) is 0 Å². The number of hydrogen-bond donors (Lipinski definition) is 3. The van der Waals surface area contributed by atoms with Crippen LogP contribution >= 0.6 is 36.0 Å². The minimum Gasteiger partial charge on any atom is -0.418 e. The third-order valence-electron chi connectivity index (χ3n) is 1.98. The maximum Gasteiger partial charge on any atom is 0.385 e. The molecule has 1 aromatic carbocycles. The predicted molar refractivity (Wildman–Crippen MR) is 97.6 cm³/mol. The molecule has 0 amide bonds. The van der Waals surface area contributed by atoms with Gasteiger partial charge in [-0.05, 0) is 26.0 Å². The van der Waals surface area contributed by atoms with Gasteiger partial charge in [0.15, 0.2) is 0 Å². The van der Waals surface area contributed by atoms with Crippen LogP contribution in [0.4, 0.5) is 5.69 Å². The molecule has 1 rings (SSSR count). The van der Waals surface area contributed by atoms with Gasteiger partial charge in [-0.2, -0.15) is 0 Å². The van der Waals surface area contributed by atoms with Crippen molar-refractivity contribution in [2.24, 2.45) is 5.50 Å². The zero-order chi connectivity index (χ0) is 19.1. The Morgan fingerprint density at radius 3 is 2.38 bits per heavy atom. The molecule has 24 heavy (non-hydrogen) atoms. The number of nitro benzene ring substituents is 1. The summed E-state index contributed by atoms with van der Waals surface area (Å²) in [6.07, 6.45) is 0. The van der Waals surface area contributed by atoms with E-state index in [2.05, 4.69) is 5.09 Å². The first-order chi connectivity index (χ1) is 10.9. The molecule has 0 saturated heterocycles. The van der Waals surface area contributed by atoms with Crippen molar-refractivity contribution in [1.82, 2.24) is 5.09 Å². The lowest BCUT2D eigenvalue weighted by Gasteiger charge is -2.21. The normalized spacial score (nSPS) is 15.7. The number of nitrogens with two attached hydrogens (primary N) is 1. The highest BCUT2D eigenvalue weighted by Crippen LogP contribution is 2.71. The van der Waals surface area contributed by atoms with Crippen molar-refractivity contribution in [3.8, 4) is 5.75 Å². The summed E-state index contributed by atoms with van der Waals surface area (Å²) >= 11 is 5.68. The van der Waals surface area contributed by atoms with E-state index < -0.39 is 30.1 Å². The number of rotatable bonds is 7. The van der Waals surface area contributed by atoms with Crippen LogP contribution in [0.25, 0.3) is 0 Å². The highest BCUT2D eigenvalue weighted by atomic mass is 35.5. The van der Waals surface area contributed by atoms with Gasteiger partial charge in [0.2, 0.25) is 5.75 Å². The molecule has 2 unspecified atom stereocenters. The molecule has 0 spiro atoms. The van der Waals surface area contributed by atoms with E-state index in [9.17, 15) is 24.1 Å². The van der Waals surface area contributed by atoms with Crippen LogP contribution in [0.1, 0.15) is 27.7 Å². The van der Waals surface area contributed by atoms with E-state index in [-0.39, 0.29) is 21.8 Å². The molecule has 9 nitrogen and oxygen atoms in total. The average molecular weight is 420 g/mol. The van der Waals surface area contributed by atoms with E-state index in [0.29, 0.717) is 0 Å². The summed E-state index contributed by atoms with van der Waals surface area (Å²) in [5.74, 6) is -0.355. The Labute approximate surface area is 149 Å². The molecule has 2 atom stereocenters. The largest absolute Gasteiger partial charge is 0.418 e. The van der Waals surface area contributed by atoms with Gasteiger partial charge >= 0.3 is 19.1 Å². The second-order valence-corrected chi connectivity index (χ2v) is 12.5. The van der Waals surface area contributed by atoms with Gasteiger partial charge in [0.1, 0.15) is 0 Å². The Kier molecular flexibility index (Phi) is 9.53. The van der Waals surface area contributed by atoms with Gasteiger partial charge in [0.05, 0.1) is 15.9 Å². The zero-order valence-electron chi connectivity index (χ0n) is 13.5. The first-order valence-electron chi connectivity index (χ1n) is 6.76. The number of benzene rings is 1. The summed E-state index contributed by atoms with van der Waals surface area (Å²) in [7, 11) is 0. The second kappa shape index (κ2) is 9.77. The fraction of sp³-hybridized carbons (Fsp3) is 0.455. The van der Waals surface area contributed by atoms with Gasteiger partial charge in [-0.15, -0.1) is 0 Å². The summed E-state index contributed by atoms with van der Waals surface area (Å²) in [6, 6.07) is 3.07. The van der Waals surface area contributed by atoms with Crippen molar-refractivity contribution >= 4 is 41.7 Å². The highest BCUT2D eigenvalue weighted by Gasteiger charge is 2.37. The number of hydrogen-bond acceptors (Lipinski definition) is 6. The molecule has 0 aliphatic carbocycles. The second-order valence-electron chi connectivity index (χ2n) is 4.39. The number of nitro groups is 1. The van der Waals surface area contributed by atoms with Crippen molar-refractivity contribution in [3.05, 3.63) is 33.3 Å². The van der Waals surface area contributed by atoms with Gasteiger partial charge < -0.3 is 9.42 Å². The maximum atomic E-state index is 12.6. The number of halogens is 1. The molecule has 1 aromatic rings. The van der Waals surface area contributed by atoms with Crippen LogP contribution in [0, 0.1) is 10.1 Å². The average Bonchev–Trinajstić information content (AvgIpc) is 2.39. The summed E-state index contributed by atoms with van der Waals surface area (Å²) in [5, 5.41) is 13.5. The van der Waals surface area contributed by atoms with E-state index in [1.807, 2.05) is 13.8 Å². The number of nitrogens with one attached hydrogen (secondary N) is 1. The smallest absolute Gasteiger partial charge is 0.385 e. The van der Waals surface area contributed by atoms with Gasteiger partial charge in [-0.1, -0.05) is 25.4 Å². The summed E-state index contributed by atoms with van der Waals surface area (Å²) in [5.41, 5.74) is 4.48. The predicted octanol–water partition coefficient (Wildman–Crippen LogP) is 4.55. The lowest BCUT2D eigenvalue weighted by atomic mass is 10.3. The fourth-order valence-electron chi connectivity index (χ4n) is 1.38. The zero-order valence-corrected chi connectivity index (χ0v) is 16.9. The molecule has 0 aliphatic rings. The summed E-state index contributed by atoms with van der Waals surface area (Å²) < 4.78 is 29.1. The van der Waals surface area contributed by atoms with Gasteiger partial charge in [0, 0.05) is 17.1 Å². The van der Waals surface area contributed by atoms with E-state index in [1.165, 1.54) is 6.07 Å². The lowest BCUT2D eigenvalue weighted by Crippen LogP contribution is -2.21. The van der Waals surface area contributed by atoms with Crippen molar-refractivity contribution in [2.75, 3.05) is 0 Å². The molecule has 0 radical (unpaired) electrons. The fourth-order valence-corrected chi connectivity index (χ4v) is 8.57. The van der Waals surface area contributed by atoms with Crippen LogP contribution in [0.5, 0.6) is 5.75 Å². The monoisotopic (exact) mass is 419 g/mol. The molecular weight excluding hydrogens is 400 g/mol. The maximum absolute atomic E-state index is 12.6. The molecule has 0 bridgehead atoms. The highest BCUT2D eigenvalue weighted by molar-refractivity contribution is 8.85. The SMILES string of the molecule is CC.CC(C)NP(=O)(Oc1ccc(Cl)cc1[N+](=O)[O-])SP(N)(=O)O. The Balaban J connectivity index is 0.00000254. The quantitative estimate of drug-likeness (QED) is 0.329. The minimum atomic E-state index is -4.26. The number of nitrogens with zero attached hydrogens (tertiary/aromatic N) is 1. The van der Waals surface area contributed by atoms with E-state index in [0.717, 1.165) is 12.1 Å². The minimum absolute atomic E-state index is 0.00748. The Hall–Kier alpha value is -0.600. The molecule has 138 valence electrons. The first kappa shape index (κ1) is 23.4. The van der Waals surface area contributed by atoms with Crippen LogP contribution in [0.15, 0.2) is 18.2 Å². The van der Waals surface area contributed by atoms with Crippen LogP contribution in [-0.2, 0) is 9.13 Å². The molecular formula is C11H20ClN3O6P2S. The van der Waals surface area contributed by atoms with E-state index in [1.54, 1.807) is 13.8 Å². The molecule has 0 saturated carbocycles. The van der Waals surface area contributed by atoms with E-state index >= 15 is 0 Å². The van der Waals surface area contributed by atoms with Crippen LogP contribution in [0.3, 0.4) is 0 Å². The molecule has 0 heterocycles. The summed E-state index contributed by atoms with van der Waals surface area (Å²) in [6.45, 7) is -1.04. The van der Waals surface area contributed by atoms with Gasteiger partial charge in [-0.25, -0.2) is 9.65 Å². The molecule has 0 aliphatic heterocycles. The van der Waals surface area contributed by atoms with Crippen LogP contribution < -0.4 is 15.1 Å². The molecule has 4 N–H and O–H groups in total. The van der Waals surface area contributed by atoms with Crippen molar-refractivity contribution < 1.29 is 23.5 Å². The first-order valence-corrected chi connectivity index (χ1v) is 12.5. The Morgan fingerprint density at radius 1 is 1.42 bits per heavy atom. The van der Waals surface area contributed by atoms with Crippen LogP contribution in [0.2, 0.25) is 5.02 Å². The van der Waals surface area contributed by atoms with Gasteiger partial charge in [-0.3, -0.25) is 20.2 Å². The summed E-state index contributed by atoms with van der Waals surface area (Å²) in [4.78, 5) is 19.4. The molecule has 13 heteroatoms. The third-order valence-corrected chi connectivity index (χ3v) is 9.86.